The van der Waals surface area contributed by atoms with Crippen LogP contribution in [0.5, 0.6) is 0 Å². The molecular weight excluding hydrogens is 457 g/mol. The van der Waals surface area contributed by atoms with Crippen molar-refractivity contribution >= 4 is 10.9 Å². The smallest absolute Gasteiger partial charge is 0.375 e. The van der Waals surface area contributed by atoms with Crippen LogP contribution in [0.15, 0.2) is 48.7 Å². The Morgan fingerprint density at radius 2 is 1.76 bits per heavy atom. The molecule has 2 aromatic heterocycles. The van der Waals surface area contributed by atoms with E-state index in [0.717, 1.165) is 29.1 Å². The van der Waals surface area contributed by atoms with Gasteiger partial charge in [-0.3, -0.25) is 0 Å². The molecule has 6 nitrogen and oxygen atoms in total. The van der Waals surface area contributed by atoms with E-state index in [1.54, 1.807) is 24.3 Å². The fourth-order valence-corrected chi connectivity index (χ4v) is 3.60. The maximum Gasteiger partial charge on any atom is 0.423 e. The average molecular weight is 473 g/mol. The predicted octanol–water partition coefficient (Wildman–Crippen LogP) is 4.85. The van der Waals surface area contributed by atoms with Crippen LogP contribution in [0.3, 0.4) is 0 Å². The average Bonchev–Trinajstić information content (AvgIpc) is 3.25. The summed E-state index contributed by atoms with van der Waals surface area (Å²) in [4.78, 5) is 4.28. The SMILES string of the molecule is CC[C@](O)(c1cn(Cc2ccc3cc(-c4cc(F)cc(F)c4)c(C#N)nc3c2)nn1)C(F)(F)F. The minimum atomic E-state index is -4.91. The molecule has 4 aromatic rings. The van der Waals surface area contributed by atoms with Gasteiger partial charge in [0.15, 0.2) is 0 Å². The van der Waals surface area contributed by atoms with Crippen LogP contribution in [0.25, 0.3) is 22.0 Å². The molecule has 0 amide bonds. The minimum absolute atomic E-state index is 0.0288. The van der Waals surface area contributed by atoms with E-state index in [0.29, 0.717) is 16.5 Å². The summed E-state index contributed by atoms with van der Waals surface area (Å²) in [5.41, 5.74) is -2.35. The topological polar surface area (TPSA) is 87.6 Å². The van der Waals surface area contributed by atoms with Crippen molar-refractivity contribution in [3.8, 4) is 17.2 Å². The van der Waals surface area contributed by atoms with Gasteiger partial charge < -0.3 is 5.11 Å². The highest BCUT2D eigenvalue weighted by molar-refractivity contribution is 5.86. The number of pyridine rings is 1. The first-order chi connectivity index (χ1) is 16.0. The number of alkyl halides is 3. The molecule has 0 aliphatic heterocycles. The molecular formula is C23H16F5N5O. The highest BCUT2D eigenvalue weighted by atomic mass is 19.4. The third kappa shape index (κ3) is 4.20. The summed E-state index contributed by atoms with van der Waals surface area (Å²) in [6.07, 6.45) is -4.51. The zero-order chi connectivity index (χ0) is 24.7. The van der Waals surface area contributed by atoms with Gasteiger partial charge in [0.25, 0.3) is 0 Å². The molecule has 1 atom stereocenters. The highest BCUT2D eigenvalue weighted by Gasteiger charge is 2.55. The van der Waals surface area contributed by atoms with Crippen LogP contribution in [0.1, 0.15) is 30.3 Å². The normalized spacial score (nSPS) is 13.6. The van der Waals surface area contributed by atoms with Gasteiger partial charge in [-0.25, -0.2) is 18.4 Å². The van der Waals surface area contributed by atoms with Crippen molar-refractivity contribution in [2.24, 2.45) is 0 Å². The molecule has 0 saturated carbocycles. The number of rotatable bonds is 5. The number of nitrogens with zero attached hydrogens (tertiary/aromatic N) is 5. The van der Waals surface area contributed by atoms with Crippen molar-refractivity contribution in [1.29, 1.82) is 5.26 Å². The number of fused-ring (bicyclic) bond motifs is 1. The summed E-state index contributed by atoms with van der Waals surface area (Å²) < 4.78 is 68.3. The van der Waals surface area contributed by atoms with E-state index >= 15 is 0 Å². The van der Waals surface area contributed by atoms with Crippen molar-refractivity contribution in [3.05, 3.63) is 77.2 Å². The van der Waals surface area contributed by atoms with Crippen LogP contribution in [0.2, 0.25) is 0 Å². The number of hydrogen-bond donors (Lipinski definition) is 1. The lowest BCUT2D eigenvalue weighted by molar-refractivity contribution is -0.269. The van der Waals surface area contributed by atoms with Crippen LogP contribution in [-0.2, 0) is 12.1 Å². The van der Waals surface area contributed by atoms with Crippen LogP contribution < -0.4 is 0 Å². The summed E-state index contributed by atoms with van der Waals surface area (Å²) in [7, 11) is 0. The van der Waals surface area contributed by atoms with Gasteiger partial charge in [0.05, 0.1) is 18.3 Å². The van der Waals surface area contributed by atoms with Gasteiger partial charge in [-0.2, -0.15) is 18.4 Å². The van der Waals surface area contributed by atoms with Crippen LogP contribution in [0, 0.1) is 23.0 Å². The van der Waals surface area contributed by atoms with Crippen LogP contribution in [0.4, 0.5) is 22.0 Å². The molecule has 0 aliphatic rings. The molecule has 174 valence electrons. The Kier molecular flexibility index (Phi) is 5.79. The highest BCUT2D eigenvalue weighted by Crippen LogP contribution is 2.40. The Balaban J connectivity index is 1.68. The van der Waals surface area contributed by atoms with Crippen molar-refractivity contribution in [2.75, 3.05) is 0 Å². The lowest BCUT2D eigenvalue weighted by Gasteiger charge is -2.26. The van der Waals surface area contributed by atoms with Crippen molar-refractivity contribution in [3.63, 3.8) is 0 Å². The van der Waals surface area contributed by atoms with Crippen molar-refractivity contribution < 1.29 is 27.1 Å². The Bertz CT molecular complexity index is 1410. The van der Waals surface area contributed by atoms with Gasteiger partial charge in [0.1, 0.15) is 29.1 Å². The second kappa shape index (κ2) is 8.46. The zero-order valence-electron chi connectivity index (χ0n) is 17.6. The molecule has 2 aromatic carbocycles. The minimum Gasteiger partial charge on any atom is -0.375 e. The van der Waals surface area contributed by atoms with Crippen molar-refractivity contribution in [2.45, 2.75) is 31.7 Å². The molecule has 34 heavy (non-hydrogen) atoms. The third-order valence-corrected chi connectivity index (χ3v) is 5.45. The van der Waals surface area contributed by atoms with E-state index in [9.17, 15) is 32.3 Å². The molecule has 0 spiro atoms. The first kappa shape index (κ1) is 23.3. The quantitative estimate of drug-likeness (QED) is 0.419. The predicted molar refractivity (Wildman–Crippen MR) is 111 cm³/mol. The lowest BCUT2D eigenvalue weighted by atomic mass is 9.96. The number of halogens is 5. The summed E-state index contributed by atoms with van der Waals surface area (Å²) in [6, 6.07) is 11.4. The van der Waals surface area contributed by atoms with E-state index in [4.69, 9.17) is 0 Å². The van der Waals surface area contributed by atoms with E-state index < -0.39 is 35.5 Å². The van der Waals surface area contributed by atoms with E-state index in [1.807, 2.05) is 6.07 Å². The zero-order valence-corrected chi connectivity index (χ0v) is 17.6. The first-order valence-corrected chi connectivity index (χ1v) is 10.0. The molecule has 0 saturated heterocycles. The van der Waals surface area contributed by atoms with Crippen molar-refractivity contribution in [1.82, 2.24) is 20.0 Å². The Labute approximate surface area is 189 Å². The molecule has 0 fully saturated rings. The maximum atomic E-state index is 13.7. The summed E-state index contributed by atoms with van der Waals surface area (Å²) in [5.74, 6) is -1.58. The van der Waals surface area contributed by atoms with E-state index in [-0.39, 0.29) is 23.4 Å². The Hall–Kier alpha value is -3.91. The van der Waals surface area contributed by atoms with Gasteiger partial charge in [-0.05, 0) is 41.8 Å². The van der Waals surface area contributed by atoms with E-state index in [1.165, 1.54) is 6.92 Å². The monoisotopic (exact) mass is 473 g/mol. The summed E-state index contributed by atoms with van der Waals surface area (Å²) >= 11 is 0. The number of benzene rings is 2. The summed E-state index contributed by atoms with van der Waals surface area (Å²) in [6.45, 7) is 1.22. The van der Waals surface area contributed by atoms with Crippen LogP contribution in [-0.4, -0.2) is 31.3 Å². The third-order valence-electron chi connectivity index (χ3n) is 5.45. The van der Waals surface area contributed by atoms with Gasteiger partial charge in [0.2, 0.25) is 5.60 Å². The lowest BCUT2D eigenvalue weighted by Crippen LogP contribution is -2.42. The van der Waals surface area contributed by atoms with Gasteiger partial charge in [0, 0.05) is 17.0 Å². The number of aromatic nitrogens is 4. The Morgan fingerprint density at radius 3 is 2.38 bits per heavy atom. The second-order valence-electron chi connectivity index (χ2n) is 7.69. The largest absolute Gasteiger partial charge is 0.423 e. The molecule has 0 bridgehead atoms. The maximum absolute atomic E-state index is 13.7. The molecule has 2 heterocycles. The van der Waals surface area contributed by atoms with Gasteiger partial charge in [-0.15, -0.1) is 5.10 Å². The standard InChI is InChI=1S/C23H16F5N5O/c1-2-22(34,23(26,27)28)21-12-33(32-31-21)11-13-3-4-14-8-18(20(10-29)30-19(14)5-13)15-6-16(24)9-17(25)7-15/h3-9,12,34H,2,11H2,1H3/t22-/m0/s1. The Morgan fingerprint density at radius 1 is 1.06 bits per heavy atom. The fourth-order valence-electron chi connectivity index (χ4n) is 3.60. The molecule has 4 rings (SSSR count). The first-order valence-electron chi connectivity index (χ1n) is 10.0. The fraction of sp³-hybridized carbons (Fsp3) is 0.217. The number of aliphatic hydroxyl groups is 1. The van der Waals surface area contributed by atoms with Gasteiger partial charge >= 0.3 is 6.18 Å². The molecule has 0 aliphatic carbocycles. The van der Waals surface area contributed by atoms with Crippen LogP contribution >= 0.6 is 0 Å². The van der Waals surface area contributed by atoms with Gasteiger partial charge in [-0.1, -0.05) is 24.3 Å². The molecule has 0 radical (unpaired) electrons. The molecule has 0 unspecified atom stereocenters. The number of hydrogen-bond acceptors (Lipinski definition) is 5. The summed E-state index contributed by atoms with van der Waals surface area (Å²) in [5, 5.41) is 27.3. The van der Waals surface area contributed by atoms with E-state index in [2.05, 4.69) is 15.3 Å². The molecule has 11 heteroatoms. The molecule has 1 N–H and O–H groups in total. The second-order valence-corrected chi connectivity index (χ2v) is 7.69. The number of nitriles is 1.